The Bertz CT molecular complexity index is 459. The molecular formula is C12H19N3O2. The quantitative estimate of drug-likeness (QED) is 0.820. The van der Waals surface area contributed by atoms with Gasteiger partial charge >= 0.3 is 5.97 Å². The Balaban J connectivity index is 2.52. The predicted octanol–water partition coefficient (Wildman–Crippen LogP) is 0.963. The fourth-order valence-corrected chi connectivity index (χ4v) is 3.02. The molecule has 1 heterocycles. The number of carbonyl (C=O) groups is 1. The van der Waals surface area contributed by atoms with Crippen LogP contribution in [0.15, 0.2) is 0 Å². The Morgan fingerprint density at radius 1 is 1.59 bits per heavy atom. The summed E-state index contributed by atoms with van der Waals surface area (Å²) in [5.41, 5.74) is 7.62. The first-order chi connectivity index (χ1) is 7.92. The van der Waals surface area contributed by atoms with Crippen LogP contribution in [0.2, 0.25) is 0 Å². The molecule has 0 aromatic carbocycles. The van der Waals surface area contributed by atoms with E-state index >= 15 is 0 Å². The third-order valence-corrected chi connectivity index (χ3v) is 3.79. The second-order valence-corrected chi connectivity index (χ2v) is 4.92. The smallest absolute Gasteiger partial charge is 0.314 e. The molecule has 1 aliphatic rings. The van der Waals surface area contributed by atoms with Gasteiger partial charge in [0.15, 0.2) is 0 Å². The molecule has 3 N–H and O–H groups in total. The Morgan fingerprint density at radius 2 is 2.18 bits per heavy atom. The van der Waals surface area contributed by atoms with Crippen LogP contribution < -0.4 is 5.73 Å². The van der Waals surface area contributed by atoms with E-state index in [-0.39, 0.29) is 6.04 Å². The average Bonchev–Trinajstić information content (AvgIpc) is 2.49. The normalized spacial score (nSPS) is 27.9. The second-order valence-electron chi connectivity index (χ2n) is 4.92. The van der Waals surface area contributed by atoms with Crippen LogP contribution in [0.4, 0.5) is 0 Å². The molecular weight excluding hydrogens is 218 g/mol. The molecule has 1 aliphatic carbocycles. The lowest BCUT2D eigenvalue weighted by molar-refractivity contribution is -0.148. The van der Waals surface area contributed by atoms with Crippen molar-refractivity contribution in [1.82, 2.24) is 9.78 Å². The van der Waals surface area contributed by atoms with Gasteiger partial charge in [0, 0.05) is 23.8 Å². The molecule has 0 saturated heterocycles. The minimum absolute atomic E-state index is 0.00474. The third kappa shape index (κ3) is 1.57. The highest BCUT2D eigenvalue weighted by molar-refractivity contribution is 5.84. The molecule has 2 rings (SSSR count). The molecule has 5 nitrogen and oxygen atoms in total. The molecule has 0 spiro atoms. The SMILES string of the molecule is CCn1nc(C)c(C2(C(=O)O)CC(N)C2)c1C. The van der Waals surface area contributed by atoms with Crippen molar-refractivity contribution >= 4 is 5.97 Å². The van der Waals surface area contributed by atoms with Crippen molar-refractivity contribution in [1.29, 1.82) is 0 Å². The Labute approximate surface area is 101 Å². The minimum atomic E-state index is -0.805. The summed E-state index contributed by atoms with van der Waals surface area (Å²) >= 11 is 0. The summed E-state index contributed by atoms with van der Waals surface area (Å²) in [6.07, 6.45) is 1.03. The number of nitrogens with zero attached hydrogens (tertiary/aromatic N) is 2. The van der Waals surface area contributed by atoms with Gasteiger partial charge in [-0.1, -0.05) is 0 Å². The summed E-state index contributed by atoms with van der Waals surface area (Å²) in [6.45, 7) is 6.58. The molecule has 1 fully saturated rings. The number of nitrogens with two attached hydrogens (primary N) is 1. The minimum Gasteiger partial charge on any atom is -0.481 e. The van der Waals surface area contributed by atoms with Crippen LogP contribution >= 0.6 is 0 Å². The number of aromatic nitrogens is 2. The lowest BCUT2D eigenvalue weighted by Gasteiger charge is -2.43. The first-order valence-electron chi connectivity index (χ1n) is 5.96. The summed E-state index contributed by atoms with van der Waals surface area (Å²) in [4.78, 5) is 11.6. The van der Waals surface area contributed by atoms with E-state index in [9.17, 15) is 9.90 Å². The lowest BCUT2D eigenvalue weighted by atomic mass is 9.61. The number of aryl methyl sites for hydroxylation is 2. The van der Waals surface area contributed by atoms with E-state index in [0.717, 1.165) is 23.5 Å². The average molecular weight is 237 g/mol. The van der Waals surface area contributed by atoms with E-state index in [1.807, 2.05) is 25.5 Å². The highest BCUT2D eigenvalue weighted by atomic mass is 16.4. The highest BCUT2D eigenvalue weighted by Crippen LogP contribution is 2.45. The molecule has 1 aromatic heterocycles. The van der Waals surface area contributed by atoms with Crippen LogP contribution in [0.5, 0.6) is 0 Å². The van der Waals surface area contributed by atoms with E-state index in [1.54, 1.807) is 0 Å². The van der Waals surface area contributed by atoms with E-state index in [2.05, 4.69) is 5.10 Å². The zero-order valence-corrected chi connectivity index (χ0v) is 10.5. The molecule has 0 atom stereocenters. The Kier molecular flexibility index (Phi) is 2.73. The molecule has 0 aliphatic heterocycles. The van der Waals surface area contributed by atoms with Gasteiger partial charge in [0.25, 0.3) is 0 Å². The summed E-state index contributed by atoms with van der Waals surface area (Å²) in [5, 5.41) is 13.9. The molecule has 0 bridgehead atoms. The number of hydrogen-bond acceptors (Lipinski definition) is 3. The van der Waals surface area contributed by atoms with Crippen molar-refractivity contribution < 1.29 is 9.90 Å². The standard InChI is InChI=1S/C12H19N3O2/c1-4-15-8(3)10(7(2)14-15)12(11(16)17)5-9(13)6-12/h9H,4-6,13H2,1-3H3,(H,16,17). The lowest BCUT2D eigenvalue weighted by Crippen LogP contribution is -2.54. The van der Waals surface area contributed by atoms with Gasteiger partial charge in [-0.05, 0) is 33.6 Å². The van der Waals surface area contributed by atoms with Crippen molar-refractivity contribution in [3.05, 3.63) is 17.0 Å². The molecule has 1 aromatic rings. The summed E-state index contributed by atoms with van der Waals surface area (Å²) in [6, 6.07) is -0.00474. The number of aliphatic carboxylic acids is 1. The molecule has 1 saturated carbocycles. The first-order valence-corrected chi connectivity index (χ1v) is 5.96. The fourth-order valence-electron chi connectivity index (χ4n) is 3.02. The van der Waals surface area contributed by atoms with Gasteiger partial charge in [-0.2, -0.15) is 5.10 Å². The van der Waals surface area contributed by atoms with E-state index in [0.29, 0.717) is 12.8 Å². The van der Waals surface area contributed by atoms with Crippen molar-refractivity contribution in [2.75, 3.05) is 0 Å². The van der Waals surface area contributed by atoms with Gasteiger partial charge in [0.2, 0.25) is 0 Å². The summed E-state index contributed by atoms with van der Waals surface area (Å²) < 4.78 is 1.86. The topological polar surface area (TPSA) is 81.1 Å². The monoisotopic (exact) mass is 237 g/mol. The van der Waals surface area contributed by atoms with Gasteiger partial charge in [0.1, 0.15) is 0 Å². The molecule has 0 unspecified atom stereocenters. The number of carboxylic acid groups (broad SMARTS) is 1. The van der Waals surface area contributed by atoms with Crippen LogP contribution in [0, 0.1) is 13.8 Å². The van der Waals surface area contributed by atoms with Gasteiger partial charge in [-0.3, -0.25) is 9.48 Å². The van der Waals surface area contributed by atoms with E-state index in [4.69, 9.17) is 5.73 Å². The second kappa shape index (κ2) is 3.84. The maximum atomic E-state index is 11.6. The predicted molar refractivity (Wildman–Crippen MR) is 63.9 cm³/mol. The van der Waals surface area contributed by atoms with Crippen molar-refractivity contribution in [3.63, 3.8) is 0 Å². The zero-order valence-electron chi connectivity index (χ0n) is 10.5. The van der Waals surface area contributed by atoms with E-state index in [1.165, 1.54) is 0 Å². The van der Waals surface area contributed by atoms with Crippen LogP contribution in [0.25, 0.3) is 0 Å². The highest BCUT2D eigenvalue weighted by Gasteiger charge is 2.53. The summed E-state index contributed by atoms with van der Waals surface area (Å²) in [7, 11) is 0. The third-order valence-electron chi connectivity index (χ3n) is 3.79. The summed E-state index contributed by atoms with van der Waals surface area (Å²) in [5.74, 6) is -0.777. The molecule has 0 amide bonds. The van der Waals surface area contributed by atoms with Crippen LogP contribution in [-0.4, -0.2) is 26.9 Å². The first kappa shape index (κ1) is 12.1. The number of hydrogen-bond donors (Lipinski definition) is 2. The van der Waals surface area contributed by atoms with Crippen molar-refractivity contribution in [2.45, 2.75) is 51.6 Å². The van der Waals surface area contributed by atoms with Crippen LogP contribution in [0.3, 0.4) is 0 Å². The fraction of sp³-hybridized carbons (Fsp3) is 0.667. The Hall–Kier alpha value is -1.36. The van der Waals surface area contributed by atoms with Gasteiger partial charge < -0.3 is 10.8 Å². The van der Waals surface area contributed by atoms with Gasteiger partial charge in [0.05, 0.1) is 11.1 Å². The molecule has 5 heteroatoms. The number of rotatable bonds is 3. The largest absolute Gasteiger partial charge is 0.481 e. The van der Waals surface area contributed by atoms with Crippen LogP contribution in [-0.2, 0) is 16.8 Å². The Morgan fingerprint density at radius 3 is 2.53 bits per heavy atom. The molecule has 94 valence electrons. The molecule has 17 heavy (non-hydrogen) atoms. The van der Waals surface area contributed by atoms with Crippen molar-refractivity contribution in [3.8, 4) is 0 Å². The number of carboxylic acids is 1. The van der Waals surface area contributed by atoms with Gasteiger partial charge in [-0.15, -0.1) is 0 Å². The maximum Gasteiger partial charge on any atom is 0.314 e. The zero-order chi connectivity index (χ0) is 12.8. The van der Waals surface area contributed by atoms with Crippen molar-refractivity contribution in [2.24, 2.45) is 5.73 Å². The molecule has 0 radical (unpaired) electrons. The van der Waals surface area contributed by atoms with Crippen LogP contribution in [0.1, 0.15) is 36.7 Å². The maximum absolute atomic E-state index is 11.6. The van der Waals surface area contributed by atoms with E-state index < -0.39 is 11.4 Å². The van der Waals surface area contributed by atoms with Gasteiger partial charge in [-0.25, -0.2) is 0 Å².